The number of likely N-dealkylation sites (N-methyl/N-ethyl adjacent to an activating group) is 1. The Labute approximate surface area is 123 Å². The minimum atomic E-state index is 0.224. The van der Waals surface area contributed by atoms with E-state index < -0.39 is 0 Å². The zero-order valence-corrected chi connectivity index (χ0v) is 13.9. The number of nitrogens with zero attached hydrogens (tertiary/aromatic N) is 1. The normalized spacial score (nSPS) is 19.3. The largest absolute Gasteiger partial charge is 0.315 e. The van der Waals surface area contributed by atoms with Crippen LogP contribution in [0.15, 0.2) is 15.9 Å². The highest BCUT2D eigenvalue weighted by Gasteiger charge is 2.36. The van der Waals surface area contributed by atoms with Crippen molar-refractivity contribution in [2.45, 2.75) is 44.7 Å². The lowest BCUT2D eigenvalue weighted by atomic mass is 9.89. The van der Waals surface area contributed by atoms with Gasteiger partial charge in [0.1, 0.15) is 0 Å². The van der Waals surface area contributed by atoms with Gasteiger partial charge in [-0.15, -0.1) is 11.3 Å². The van der Waals surface area contributed by atoms with Gasteiger partial charge in [-0.25, -0.2) is 0 Å². The Morgan fingerprint density at radius 2 is 2.11 bits per heavy atom. The lowest BCUT2D eigenvalue weighted by molar-refractivity contribution is 0.110. The zero-order chi connectivity index (χ0) is 13.2. The molecule has 2 heterocycles. The van der Waals surface area contributed by atoms with E-state index in [0.29, 0.717) is 6.04 Å². The van der Waals surface area contributed by atoms with Crippen molar-refractivity contribution in [1.29, 1.82) is 0 Å². The van der Waals surface area contributed by atoms with Crippen LogP contribution in [0.4, 0.5) is 0 Å². The van der Waals surface area contributed by atoms with Gasteiger partial charge in [0, 0.05) is 26.3 Å². The number of halogens is 1. The molecule has 1 aliphatic rings. The Hall–Kier alpha value is 0.1000. The molecule has 1 atom stereocenters. The van der Waals surface area contributed by atoms with Crippen LogP contribution in [0.1, 0.15) is 31.6 Å². The molecule has 0 aromatic carbocycles. The molecule has 1 unspecified atom stereocenters. The van der Waals surface area contributed by atoms with Crippen LogP contribution < -0.4 is 5.32 Å². The van der Waals surface area contributed by atoms with Crippen molar-refractivity contribution in [3.63, 3.8) is 0 Å². The summed E-state index contributed by atoms with van der Waals surface area (Å²) in [5.41, 5.74) is 0.224. The van der Waals surface area contributed by atoms with Crippen molar-refractivity contribution >= 4 is 27.3 Å². The van der Waals surface area contributed by atoms with Crippen LogP contribution in [-0.4, -0.2) is 36.6 Å². The zero-order valence-electron chi connectivity index (χ0n) is 11.5. The smallest absolute Gasteiger partial charge is 0.0309 e. The predicted octanol–water partition coefficient (Wildman–Crippen LogP) is 3.52. The Bertz CT molecular complexity index is 383. The molecule has 1 fully saturated rings. The summed E-state index contributed by atoms with van der Waals surface area (Å²) in [5, 5.41) is 5.70. The van der Waals surface area contributed by atoms with E-state index >= 15 is 0 Å². The molecule has 1 saturated heterocycles. The second-order valence-corrected chi connectivity index (χ2v) is 7.54. The van der Waals surface area contributed by atoms with E-state index in [-0.39, 0.29) is 5.54 Å². The fourth-order valence-electron chi connectivity index (χ4n) is 2.88. The van der Waals surface area contributed by atoms with Crippen molar-refractivity contribution in [2.24, 2.45) is 0 Å². The van der Waals surface area contributed by atoms with E-state index in [1.54, 1.807) is 0 Å². The number of thiophene rings is 1. The van der Waals surface area contributed by atoms with Gasteiger partial charge in [-0.2, -0.15) is 0 Å². The second-order valence-electron chi connectivity index (χ2n) is 5.62. The first-order valence-electron chi connectivity index (χ1n) is 6.69. The van der Waals surface area contributed by atoms with Crippen molar-refractivity contribution in [1.82, 2.24) is 10.2 Å². The summed E-state index contributed by atoms with van der Waals surface area (Å²) in [7, 11) is 2.09. The summed E-state index contributed by atoms with van der Waals surface area (Å²) < 4.78 is 1.20. The molecule has 0 amide bonds. The third-order valence-electron chi connectivity index (χ3n) is 4.15. The molecule has 0 radical (unpaired) electrons. The maximum absolute atomic E-state index is 3.54. The molecule has 1 aromatic heterocycles. The number of likely N-dealkylation sites (tertiary alicyclic amines) is 1. The number of hydrogen-bond donors (Lipinski definition) is 1. The molecule has 0 spiro atoms. The van der Waals surface area contributed by atoms with Gasteiger partial charge in [-0.1, -0.05) is 0 Å². The van der Waals surface area contributed by atoms with E-state index in [9.17, 15) is 0 Å². The van der Waals surface area contributed by atoms with Gasteiger partial charge in [0.15, 0.2) is 0 Å². The molecular formula is C14H23BrN2S. The van der Waals surface area contributed by atoms with Gasteiger partial charge < -0.3 is 5.32 Å². The van der Waals surface area contributed by atoms with E-state index in [1.165, 1.54) is 35.3 Å². The molecule has 102 valence electrons. The first-order chi connectivity index (χ1) is 8.54. The molecule has 18 heavy (non-hydrogen) atoms. The van der Waals surface area contributed by atoms with Gasteiger partial charge in [0.05, 0.1) is 0 Å². The fraction of sp³-hybridized carbons (Fsp3) is 0.714. The molecule has 2 rings (SSSR count). The summed E-state index contributed by atoms with van der Waals surface area (Å²) in [6.07, 6.45) is 3.81. The number of hydrogen-bond acceptors (Lipinski definition) is 3. The van der Waals surface area contributed by atoms with E-state index in [1.807, 2.05) is 11.3 Å². The highest BCUT2D eigenvalue weighted by atomic mass is 79.9. The van der Waals surface area contributed by atoms with Crippen LogP contribution in [-0.2, 0) is 6.42 Å². The lowest BCUT2D eigenvalue weighted by Crippen LogP contribution is -2.56. The maximum atomic E-state index is 3.54. The van der Waals surface area contributed by atoms with Crippen LogP contribution in [0.2, 0.25) is 0 Å². The summed E-state index contributed by atoms with van der Waals surface area (Å²) in [6, 6.07) is 2.75. The molecule has 0 bridgehead atoms. The summed E-state index contributed by atoms with van der Waals surface area (Å²) in [5.74, 6) is 0. The second kappa shape index (κ2) is 6.04. The van der Waals surface area contributed by atoms with Gasteiger partial charge in [0.25, 0.3) is 0 Å². The molecular weight excluding hydrogens is 308 g/mol. The molecule has 4 heteroatoms. The minimum absolute atomic E-state index is 0.224. The monoisotopic (exact) mass is 330 g/mol. The lowest BCUT2D eigenvalue weighted by Gasteiger charge is -2.42. The third kappa shape index (κ3) is 3.16. The standard InChI is InChI=1S/C14H23BrN2S/c1-14(2,17-6-4-5-7-17)13(16-3)9-12-8-11(15)10-18-12/h8,10,13,16H,4-7,9H2,1-3H3. The molecule has 1 N–H and O–H groups in total. The maximum Gasteiger partial charge on any atom is 0.0309 e. The van der Waals surface area contributed by atoms with E-state index in [4.69, 9.17) is 0 Å². The first kappa shape index (κ1) is 14.5. The molecule has 1 aliphatic heterocycles. The average molecular weight is 331 g/mol. The van der Waals surface area contributed by atoms with Gasteiger partial charge in [-0.3, -0.25) is 4.90 Å². The van der Waals surface area contributed by atoms with Crippen molar-refractivity contribution < 1.29 is 0 Å². The Balaban J connectivity index is 2.06. The van der Waals surface area contributed by atoms with Gasteiger partial charge >= 0.3 is 0 Å². The average Bonchev–Trinajstić information content (AvgIpc) is 2.96. The van der Waals surface area contributed by atoms with Gasteiger partial charge in [0.2, 0.25) is 0 Å². The fourth-order valence-corrected chi connectivity index (χ4v) is 4.38. The van der Waals surface area contributed by atoms with Crippen molar-refractivity contribution in [3.05, 3.63) is 20.8 Å². The van der Waals surface area contributed by atoms with E-state index in [0.717, 1.165) is 6.42 Å². The number of rotatable bonds is 5. The van der Waals surface area contributed by atoms with Crippen LogP contribution in [0.5, 0.6) is 0 Å². The SMILES string of the molecule is CNC(Cc1cc(Br)cs1)C(C)(C)N1CCCC1. The highest BCUT2D eigenvalue weighted by Crippen LogP contribution is 2.28. The quantitative estimate of drug-likeness (QED) is 0.888. The van der Waals surface area contributed by atoms with Crippen molar-refractivity contribution in [2.75, 3.05) is 20.1 Å². The van der Waals surface area contributed by atoms with Gasteiger partial charge in [-0.05, 0) is 75.2 Å². The van der Waals surface area contributed by atoms with Crippen LogP contribution in [0, 0.1) is 0 Å². The van der Waals surface area contributed by atoms with E-state index in [2.05, 4.69) is 58.5 Å². The topological polar surface area (TPSA) is 15.3 Å². The van der Waals surface area contributed by atoms with Crippen LogP contribution >= 0.6 is 27.3 Å². The van der Waals surface area contributed by atoms with Crippen LogP contribution in [0.3, 0.4) is 0 Å². The summed E-state index contributed by atoms with van der Waals surface area (Å²) in [6.45, 7) is 7.25. The number of nitrogens with one attached hydrogen (secondary N) is 1. The third-order valence-corrected chi connectivity index (χ3v) is 5.87. The summed E-state index contributed by atoms with van der Waals surface area (Å²) in [4.78, 5) is 4.09. The van der Waals surface area contributed by atoms with Crippen LogP contribution in [0.25, 0.3) is 0 Å². The first-order valence-corrected chi connectivity index (χ1v) is 8.36. The summed E-state index contributed by atoms with van der Waals surface area (Å²) >= 11 is 5.39. The van der Waals surface area contributed by atoms with Crippen molar-refractivity contribution in [3.8, 4) is 0 Å². The Morgan fingerprint density at radius 1 is 1.44 bits per heavy atom. The highest BCUT2D eigenvalue weighted by molar-refractivity contribution is 9.10. The molecule has 0 aliphatic carbocycles. The molecule has 0 saturated carbocycles. The Morgan fingerprint density at radius 3 is 2.61 bits per heavy atom. The molecule has 1 aromatic rings. The Kier molecular flexibility index (Phi) is 4.86. The molecule has 2 nitrogen and oxygen atoms in total. The predicted molar refractivity (Wildman–Crippen MR) is 83.5 cm³/mol. The minimum Gasteiger partial charge on any atom is -0.315 e.